The van der Waals surface area contributed by atoms with Gasteiger partial charge in [-0.2, -0.15) is 0 Å². The van der Waals surface area contributed by atoms with E-state index in [1.54, 1.807) is 12.1 Å². The van der Waals surface area contributed by atoms with Crippen LogP contribution in [-0.4, -0.2) is 11.1 Å². The first-order valence-corrected chi connectivity index (χ1v) is 7.29. The predicted octanol–water partition coefficient (Wildman–Crippen LogP) is 4.53. The summed E-state index contributed by atoms with van der Waals surface area (Å²) in [6, 6.07) is 19.8. The van der Waals surface area contributed by atoms with Gasteiger partial charge in [0.2, 0.25) is 0 Å². The quantitative estimate of drug-likeness (QED) is 0.751. The SMILES string of the molecule is O=C(O)c1ccc2cccc(C3=CCc4ccccc43)c2c1. The van der Waals surface area contributed by atoms with E-state index >= 15 is 0 Å². The van der Waals surface area contributed by atoms with E-state index < -0.39 is 5.97 Å². The minimum atomic E-state index is -0.891. The van der Waals surface area contributed by atoms with Crippen LogP contribution < -0.4 is 0 Å². The van der Waals surface area contributed by atoms with Gasteiger partial charge >= 0.3 is 5.97 Å². The van der Waals surface area contributed by atoms with Crippen LogP contribution in [0.4, 0.5) is 0 Å². The molecular formula is C20H14O2. The molecule has 22 heavy (non-hydrogen) atoms. The van der Waals surface area contributed by atoms with Crippen LogP contribution in [0.5, 0.6) is 0 Å². The molecule has 4 rings (SSSR count). The molecule has 1 aliphatic rings. The Morgan fingerprint density at radius 1 is 0.909 bits per heavy atom. The zero-order valence-electron chi connectivity index (χ0n) is 11.9. The van der Waals surface area contributed by atoms with Crippen molar-refractivity contribution in [3.05, 3.63) is 89.0 Å². The number of carboxylic acids is 1. The first-order valence-electron chi connectivity index (χ1n) is 7.29. The predicted molar refractivity (Wildman–Crippen MR) is 88.1 cm³/mol. The molecule has 0 bridgehead atoms. The summed E-state index contributed by atoms with van der Waals surface area (Å²) in [6.45, 7) is 0. The van der Waals surface area contributed by atoms with Crippen molar-refractivity contribution in [1.82, 2.24) is 0 Å². The lowest BCUT2D eigenvalue weighted by molar-refractivity contribution is 0.0697. The number of aromatic carboxylic acids is 1. The molecule has 0 aromatic heterocycles. The number of fused-ring (bicyclic) bond motifs is 2. The summed E-state index contributed by atoms with van der Waals surface area (Å²) in [5, 5.41) is 11.3. The molecule has 0 unspecified atom stereocenters. The van der Waals surface area contributed by atoms with E-state index in [0.29, 0.717) is 5.56 Å². The van der Waals surface area contributed by atoms with E-state index in [-0.39, 0.29) is 0 Å². The molecule has 3 aromatic rings. The van der Waals surface area contributed by atoms with Gasteiger partial charge in [-0.3, -0.25) is 0 Å². The van der Waals surface area contributed by atoms with Gasteiger partial charge in [-0.25, -0.2) is 4.79 Å². The van der Waals surface area contributed by atoms with Crippen LogP contribution in [-0.2, 0) is 6.42 Å². The second kappa shape index (κ2) is 4.85. The number of benzene rings is 3. The van der Waals surface area contributed by atoms with Gasteiger partial charge in [-0.15, -0.1) is 0 Å². The molecule has 2 heteroatoms. The highest BCUT2D eigenvalue weighted by Crippen LogP contribution is 2.36. The highest BCUT2D eigenvalue weighted by Gasteiger charge is 2.17. The summed E-state index contributed by atoms with van der Waals surface area (Å²) < 4.78 is 0. The Balaban J connectivity index is 1.96. The molecule has 0 saturated heterocycles. The molecule has 0 heterocycles. The number of carboxylic acid groups (broad SMARTS) is 1. The van der Waals surface area contributed by atoms with Gasteiger partial charge in [0, 0.05) is 0 Å². The molecule has 0 radical (unpaired) electrons. The largest absolute Gasteiger partial charge is 0.478 e. The number of hydrogen-bond donors (Lipinski definition) is 1. The zero-order chi connectivity index (χ0) is 15.1. The minimum absolute atomic E-state index is 0.326. The molecule has 0 amide bonds. The van der Waals surface area contributed by atoms with Crippen molar-refractivity contribution >= 4 is 22.3 Å². The molecule has 3 aromatic carbocycles. The lowest BCUT2D eigenvalue weighted by atomic mass is 9.93. The minimum Gasteiger partial charge on any atom is -0.478 e. The van der Waals surface area contributed by atoms with Gasteiger partial charge in [0.05, 0.1) is 5.56 Å². The third-order valence-corrected chi connectivity index (χ3v) is 4.25. The summed E-state index contributed by atoms with van der Waals surface area (Å²) in [5.74, 6) is -0.891. The molecule has 106 valence electrons. The Bertz CT molecular complexity index is 935. The fourth-order valence-electron chi connectivity index (χ4n) is 3.18. The molecule has 0 saturated carbocycles. The van der Waals surface area contributed by atoms with Crippen molar-refractivity contribution in [2.75, 3.05) is 0 Å². The molecule has 0 spiro atoms. The van der Waals surface area contributed by atoms with E-state index in [9.17, 15) is 9.90 Å². The summed E-state index contributed by atoms with van der Waals surface area (Å²) in [6.07, 6.45) is 3.16. The third-order valence-electron chi connectivity index (χ3n) is 4.25. The van der Waals surface area contributed by atoms with Crippen LogP contribution in [0.1, 0.15) is 27.0 Å². The summed E-state index contributed by atoms with van der Waals surface area (Å²) in [7, 11) is 0. The van der Waals surface area contributed by atoms with E-state index in [1.165, 1.54) is 16.7 Å². The molecule has 1 N–H and O–H groups in total. The highest BCUT2D eigenvalue weighted by atomic mass is 16.4. The highest BCUT2D eigenvalue weighted by molar-refractivity contribution is 6.02. The van der Waals surface area contributed by atoms with E-state index in [4.69, 9.17) is 0 Å². The Morgan fingerprint density at radius 3 is 2.59 bits per heavy atom. The number of rotatable bonds is 2. The van der Waals surface area contributed by atoms with Crippen LogP contribution in [0.25, 0.3) is 16.3 Å². The molecule has 0 aliphatic heterocycles. The Kier molecular flexibility index (Phi) is 2.83. The fraction of sp³-hybridized carbons (Fsp3) is 0.0500. The number of hydrogen-bond acceptors (Lipinski definition) is 1. The second-order valence-corrected chi connectivity index (χ2v) is 5.53. The van der Waals surface area contributed by atoms with Gasteiger partial charge in [-0.05, 0) is 51.6 Å². The van der Waals surface area contributed by atoms with Crippen molar-refractivity contribution < 1.29 is 9.90 Å². The van der Waals surface area contributed by atoms with Crippen LogP contribution in [0, 0.1) is 0 Å². The second-order valence-electron chi connectivity index (χ2n) is 5.53. The van der Waals surface area contributed by atoms with Crippen LogP contribution in [0.15, 0.2) is 66.7 Å². The number of carbonyl (C=O) groups is 1. The normalized spacial score (nSPS) is 13.0. The van der Waals surface area contributed by atoms with E-state index in [0.717, 1.165) is 22.8 Å². The van der Waals surface area contributed by atoms with Gasteiger partial charge in [-0.1, -0.05) is 54.6 Å². The maximum Gasteiger partial charge on any atom is 0.335 e. The van der Waals surface area contributed by atoms with E-state index in [2.05, 4.69) is 30.3 Å². The standard InChI is InChI=1S/C20H14O2/c21-20(22)15-9-8-14-5-3-7-17(19(14)12-15)18-11-10-13-4-1-2-6-16(13)18/h1-9,11-12H,10H2,(H,21,22). The molecule has 0 fully saturated rings. The maximum atomic E-state index is 11.3. The number of allylic oxidation sites excluding steroid dienone is 1. The molecule has 2 nitrogen and oxygen atoms in total. The van der Waals surface area contributed by atoms with Crippen LogP contribution >= 0.6 is 0 Å². The average Bonchev–Trinajstić information content (AvgIpc) is 2.97. The van der Waals surface area contributed by atoms with E-state index in [1.807, 2.05) is 24.3 Å². The summed E-state index contributed by atoms with van der Waals surface area (Å²) >= 11 is 0. The monoisotopic (exact) mass is 286 g/mol. The van der Waals surface area contributed by atoms with Gasteiger partial charge < -0.3 is 5.11 Å². The van der Waals surface area contributed by atoms with Gasteiger partial charge in [0.15, 0.2) is 0 Å². The fourth-order valence-corrected chi connectivity index (χ4v) is 3.18. The Hall–Kier alpha value is -2.87. The van der Waals surface area contributed by atoms with Crippen LogP contribution in [0.3, 0.4) is 0 Å². The molecular weight excluding hydrogens is 272 g/mol. The topological polar surface area (TPSA) is 37.3 Å². The first-order chi connectivity index (χ1) is 10.7. The van der Waals surface area contributed by atoms with Crippen molar-refractivity contribution in [2.24, 2.45) is 0 Å². The van der Waals surface area contributed by atoms with Crippen molar-refractivity contribution in [1.29, 1.82) is 0 Å². The van der Waals surface area contributed by atoms with Crippen molar-refractivity contribution in [3.63, 3.8) is 0 Å². The summed E-state index contributed by atoms with van der Waals surface area (Å²) in [4.78, 5) is 11.3. The Labute approximate surface area is 128 Å². The van der Waals surface area contributed by atoms with Gasteiger partial charge in [0.1, 0.15) is 0 Å². The maximum absolute atomic E-state index is 11.3. The Morgan fingerprint density at radius 2 is 1.73 bits per heavy atom. The van der Waals surface area contributed by atoms with Crippen LogP contribution in [0.2, 0.25) is 0 Å². The lowest BCUT2D eigenvalue weighted by Gasteiger charge is -2.10. The average molecular weight is 286 g/mol. The third kappa shape index (κ3) is 1.92. The van der Waals surface area contributed by atoms with Gasteiger partial charge in [0.25, 0.3) is 0 Å². The van der Waals surface area contributed by atoms with Crippen molar-refractivity contribution in [2.45, 2.75) is 6.42 Å². The zero-order valence-corrected chi connectivity index (χ0v) is 11.9. The first kappa shape index (κ1) is 12.8. The lowest BCUT2D eigenvalue weighted by Crippen LogP contribution is -1.96. The molecule has 1 aliphatic carbocycles. The summed E-state index contributed by atoms with van der Waals surface area (Å²) in [5.41, 5.74) is 5.20. The smallest absolute Gasteiger partial charge is 0.335 e. The molecule has 0 atom stereocenters. The van der Waals surface area contributed by atoms with Crippen molar-refractivity contribution in [3.8, 4) is 0 Å².